The first-order chi connectivity index (χ1) is 13.6. The van der Waals surface area contributed by atoms with E-state index in [2.05, 4.69) is 10.2 Å². The Morgan fingerprint density at radius 3 is 2.57 bits per heavy atom. The molecule has 0 radical (unpaired) electrons. The molecule has 154 valence electrons. The average molecular weight is 388 g/mol. The Balaban J connectivity index is 1.41. The summed E-state index contributed by atoms with van der Waals surface area (Å²) < 4.78 is 5.43. The van der Waals surface area contributed by atoms with Crippen LogP contribution in [0.15, 0.2) is 30.3 Å². The lowest BCUT2D eigenvalue weighted by molar-refractivity contribution is -0.125. The minimum atomic E-state index is -0.243. The van der Waals surface area contributed by atoms with Crippen molar-refractivity contribution in [3.63, 3.8) is 0 Å². The Morgan fingerprint density at radius 1 is 1.11 bits per heavy atom. The van der Waals surface area contributed by atoms with Gasteiger partial charge in [-0.1, -0.05) is 30.3 Å². The Labute approximate surface area is 167 Å². The largest absolute Gasteiger partial charge is 0.381 e. The molecule has 2 atom stereocenters. The van der Waals surface area contributed by atoms with Gasteiger partial charge in [-0.2, -0.15) is 0 Å². The number of carbonyl (C=O) groups excluding carboxylic acids is 2. The Kier molecular flexibility index (Phi) is 7.86. The van der Waals surface area contributed by atoms with E-state index in [1.807, 2.05) is 30.3 Å². The number of hydrogen-bond acceptors (Lipinski definition) is 4. The quantitative estimate of drug-likeness (QED) is 0.711. The summed E-state index contributed by atoms with van der Waals surface area (Å²) >= 11 is 0. The van der Waals surface area contributed by atoms with Crippen molar-refractivity contribution in [2.75, 3.05) is 32.8 Å². The van der Waals surface area contributed by atoms with Crippen LogP contribution in [0.4, 0.5) is 0 Å². The van der Waals surface area contributed by atoms with E-state index in [0.717, 1.165) is 58.4 Å². The molecular weight excluding hydrogens is 354 g/mol. The number of hydrogen-bond donors (Lipinski definition) is 2. The molecule has 2 aliphatic rings. The zero-order valence-electron chi connectivity index (χ0n) is 16.6. The van der Waals surface area contributed by atoms with Crippen molar-refractivity contribution in [2.45, 2.75) is 44.6 Å². The van der Waals surface area contributed by atoms with Gasteiger partial charge in [0, 0.05) is 32.7 Å². The van der Waals surface area contributed by atoms with Crippen molar-refractivity contribution in [2.24, 2.45) is 17.6 Å². The molecule has 2 unspecified atom stereocenters. The fourth-order valence-electron chi connectivity index (χ4n) is 4.30. The smallest absolute Gasteiger partial charge is 0.234 e. The van der Waals surface area contributed by atoms with Crippen molar-refractivity contribution >= 4 is 11.8 Å². The maximum Gasteiger partial charge on any atom is 0.234 e. The number of rotatable bonds is 8. The first kappa shape index (κ1) is 20.8. The van der Waals surface area contributed by atoms with Crippen LogP contribution in [0.2, 0.25) is 0 Å². The van der Waals surface area contributed by atoms with Crippen LogP contribution in [0.25, 0.3) is 0 Å². The van der Waals surface area contributed by atoms with E-state index >= 15 is 0 Å². The van der Waals surface area contributed by atoms with Gasteiger partial charge in [0.25, 0.3) is 0 Å². The van der Waals surface area contributed by atoms with Gasteiger partial charge in [-0.3, -0.25) is 14.5 Å². The lowest BCUT2D eigenvalue weighted by Crippen LogP contribution is -2.52. The van der Waals surface area contributed by atoms with Crippen LogP contribution in [0.1, 0.15) is 37.7 Å². The molecule has 0 spiro atoms. The van der Waals surface area contributed by atoms with Gasteiger partial charge in [0.05, 0.1) is 6.04 Å². The SMILES string of the molecule is NC(=O)C1CC(CNC(=O)CCc2ccccc2)CCN1CC1CCOCC1. The van der Waals surface area contributed by atoms with E-state index in [4.69, 9.17) is 10.5 Å². The molecular formula is C22H33N3O3. The van der Waals surface area contributed by atoms with Gasteiger partial charge in [-0.15, -0.1) is 0 Å². The fourth-order valence-corrected chi connectivity index (χ4v) is 4.30. The number of piperidine rings is 1. The molecule has 28 heavy (non-hydrogen) atoms. The summed E-state index contributed by atoms with van der Waals surface area (Å²) in [5, 5.41) is 3.05. The second-order valence-corrected chi connectivity index (χ2v) is 8.15. The maximum atomic E-state index is 12.2. The number of ether oxygens (including phenoxy) is 1. The molecule has 6 heteroatoms. The average Bonchev–Trinajstić information content (AvgIpc) is 2.73. The lowest BCUT2D eigenvalue weighted by Gasteiger charge is -2.40. The molecule has 6 nitrogen and oxygen atoms in total. The zero-order valence-corrected chi connectivity index (χ0v) is 16.6. The van der Waals surface area contributed by atoms with Crippen LogP contribution in [0, 0.1) is 11.8 Å². The minimum Gasteiger partial charge on any atom is -0.381 e. The van der Waals surface area contributed by atoms with Crippen molar-refractivity contribution in [1.82, 2.24) is 10.2 Å². The molecule has 1 aromatic rings. The van der Waals surface area contributed by atoms with Crippen LogP contribution >= 0.6 is 0 Å². The molecule has 0 aromatic heterocycles. The van der Waals surface area contributed by atoms with Crippen molar-refractivity contribution < 1.29 is 14.3 Å². The molecule has 0 aliphatic carbocycles. The number of amides is 2. The topological polar surface area (TPSA) is 84.7 Å². The van der Waals surface area contributed by atoms with Gasteiger partial charge in [-0.05, 0) is 56.0 Å². The monoisotopic (exact) mass is 387 g/mol. The number of nitrogens with one attached hydrogen (secondary N) is 1. The molecule has 1 aromatic carbocycles. The third kappa shape index (κ3) is 6.31. The Morgan fingerprint density at radius 2 is 1.86 bits per heavy atom. The van der Waals surface area contributed by atoms with Gasteiger partial charge in [0.1, 0.15) is 0 Å². The first-order valence-electron chi connectivity index (χ1n) is 10.5. The highest BCUT2D eigenvalue weighted by Crippen LogP contribution is 2.26. The first-order valence-corrected chi connectivity index (χ1v) is 10.5. The number of carbonyl (C=O) groups is 2. The van der Waals surface area contributed by atoms with Crippen molar-refractivity contribution in [1.29, 1.82) is 0 Å². The zero-order chi connectivity index (χ0) is 19.8. The molecule has 0 saturated carbocycles. The molecule has 3 N–H and O–H groups in total. The van der Waals surface area contributed by atoms with Gasteiger partial charge in [-0.25, -0.2) is 0 Å². The van der Waals surface area contributed by atoms with E-state index in [1.54, 1.807) is 0 Å². The summed E-state index contributed by atoms with van der Waals surface area (Å²) in [5.41, 5.74) is 6.87. The van der Waals surface area contributed by atoms with E-state index < -0.39 is 0 Å². The van der Waals surface area contributed by atoms with Crippen LogP contribution < -0.4 is 11.1 Å². The summed E-state index contributed by atoms with van der Waals surface area (Å²) in [6.45, 7) is 4.06. The predicted octanol–water partition coefficient (Wildman–Crippen LogP) is 1.73. The van der Waals surface area contributed by atoms with E-state index in [0.29, 0.717) is 24.8 Å². The van der Waals surface area contributed by atoms with E-state index in [1.165, 1.54) is 5.56 Å². The maximum absolute atomic E-state index is 12.2. The summed E-state index contributed by atoms with van der Waals surface area (Å²) in [7, 11) is 0. The Hall–Kier alpha value is -1.92. The predicted molar refractivity (Wildman–Crippen MR) is 109 cm³/mol. The molecule has 2 fully saturated rings. The van der Waals surface area contributed by atoms with Crippen LogP contribution in [0.5, 0.6) is 0 Å². The highest BCUT2D eigenvalue weighted by molar-refractivity contribution is 5.80. The summed E-state index contributed by atoms with van der Waals surface area (Å²) in [6.07, 6.45) is 5.08. The van der Waals surface area contributed by atoms with Crippen LogP contribution in [-0.2, 0) is 20.7 Å². The standard InChI is InChI=1S/C22H33N3O3/c23-22(27)20-14-19(8-11-25(20)16-18-9-12-28-13-10-18)15-24-21(26)7-6-17-4-2-1-3-5-17/h1-5,18-20H,6-16H2,(H2,23,27)(H,24,26). The number of aryl methyl sites for hydroxylation is 1. The highest BCUT2D eigenvalue weighted by Gasteiger charge is 2.33. The number of nitrogens with two attached hydrogens (primary N) is 1. The second kappa shape index (κ2) is 10.6. The van der Waals surface area contributed by atoms with Crippen LogP contribution in [0.3, 0.4) is 0 Å². The van der Waals surface area contributed by atoms with Gasteiger partial charge < -0.3 is 15.8 Å². The number of benzene rings is 1. The Bertz CT molecular complexity index is 631. The molecule has 2 aliphatic heterocycles. The lowest BCUT2D eigenvalue weighted by atomic mass is 9.88. The van der Waals surface area contributed by atoms with E-state index in [-0.39, 0.29) is 17.9 Å². The van der Waals surface area contributed by atoms with Crippen LogP contribution in [-0.4, -0.2) is 55.6 Å². The summed E-state index contributed by atoms with van der Waals surface area (Å²) in [5.74, 6) is 0.727. The summed E-state index contributed by atoms with van der Waals surface area (Å²) in [4.78, 5) is 26.5. The van der Waals surface area contributed by atoms with Crippen molar-refractivity contribution in [3.05, 3.63) is 35.9 Å². The minimum absolute atomic E-state index is 0.0733. The molecule has 2 saturated heterocycles. The molecule has 3 rings (SSSR count). The second-order valence-electron chi connectivity index (χ2n) is 8.15. The summed E-state index contributed by atoms with van der Waals surface area (Å²) in [6, 6.07) is 9.82. The molecule has 2 heterocycles. The normalized spacial score (nSPS) is 24.0. The highest BCUT2D eigenvalue weighted by atomic mass is 16.5. The third-order valence-electron chi connectivity index (χ3n) is 6.06. The number of primary amides is 1. The third-order valence-corrected chi connectivity index (χ3v) is 6.06. The van der Waals surface area contributed by atoms with Gasteiger partial charge in [0.15, 0.2) is 0 Å². The number of nitrogens with zero attached hydrogens (tertiary/aromatic N) is 1. The van der Waals surface area contributed by atoms with Gasteiger partial charge >= 0.3 is 0 Å². The number of likely N-dealkylation sites (tertiary alicyclic amines) is 1. The molecule has 0 bridgehead atoms. The van der Waals surface area contributed by atoms with E-state index in [9.17, 15) is 9.59 Å². The molecule has 2 amide bonds. The van der Waals surface area contributed by atoms with Gasteiger partial charge in [0.2, 0.25) is 11.8 Å². The van der Waals surface area contributed by atoms with Crippen molar-refractivity contribution in [3.8, 4) is 0 Å². The fraction of sp³-hybridized carbons (Fsp3) is 0.636.